The van der Waals surface area contributed by atoms with Crippen LogP contribution in [0.2, 0.25) is 0 Å². The van der Waals surface area contributed by atoms with Crippen LogP contribution in [-0.2, 0) is 7.05 Å². The van der Waals surface area contributed by atoms with Gasteiger partial charge < -0.3 is 0 Å². The van der Waals surface area contributed by atoms with Crippen LogP contribution in [0, 0.1) is 6.92 Å². The van der Waals surface area contributed by atoms with Crippen molar-refractivity contribution < 1.29 is 0 Å². The minimum Gasteiger partial charge on any atom is -0.274 e. The highest BCUT2D eigenvalue weighted by molar-refractivity contribution is 5.85. The van der Waals surface area contributed by atoms with Gasteiger partial charge in [0.15, 0.2) is 0 Å². The Morgan fingerprint density at radius 1 is 0.957 bits per heavy atom. The molecule has 0 aliphatic carbocycles. The first-order chi connectivity index (χ1) is 11.2. The summed E-state index contributed by atoms with van der Waals surface area (Å²) in [7, 11) is 1.92. The van der Waals surface area contributed by atoms with E-state index in [2.05, 4.69) is 20.1 Å². The first-order valence-electron chi connectivity index (χ1n) is 7.39. The minimum atomic E-state index is 0.860. The second kappa shape index (κ2) is 5.28. The van der Waals surface area contributed by atoms with Crippen molar-refractivity contribution in [3.63, 3.8) is 0 Å². The molecular formula is C18H15N5. The lowest BCUT2D eigenvalue weighted by atomic mass is 10.0. The second-order valence-electron chi connectivity index (χ2n) is 5.49. The van der Waals surface area contributed by atoms with Crippen molar-refractivity contribution in [2.45, 2.75) is 6.92 Å². The van der Waals surface area contributed by atoms with Crippen LogP contribution in [0.25, 0.3) is 33.5 Å². The van der Waals surface area contributed by atoms with Gasteiger partial charge in [0.1, 0.15) is 5.69 Å². The number of pyridine rings is 1. The Balaban J connectivity index is 1.91. The lowest BCUT2D eigenvalue weighted by Crippen LogP contribution is -1.90. The quantitative estimate of drug-likeness (QED) is 0.569. The molecule has 0 fully saturated rings. The monoisotopic (exact) mass is 301 g/mol. The predicted molar refractivity (Wildman–Crippen MR) is 89.7 cm³/mol. The summed E-state index contributed by atoms with van der Waals surface area (Å²) in [6.07, 6.45) is 5.40. The molecule has 5 nitrogen and oxygen atoms in total. The van der Waals surface area contributed by atoms with Crippen LogP contribution < -0.4 is 0 Å². The molecule has 23 heavy (non-hydrogen) atoms. The van der Waals surface area contributed by atoms with Gasteiger partial charge >= 0.3 is 0 Å². The highest BCUT2D eigenvalue weighted by Gasteiger charge is 2.14. The molecule has 0 aliphatic heterocycles. The van der Waals surface area contributed by atoms with E-state index in [-0.39, 0.29) is 0 Å². The number of fused-ring (bicyclic) bond motifs is 1. The van der Waals surface area contributed by atoms with Crippen molar-refractivity contribution in [3.05, 3.63) is 60.7 Å². The summed E-state index contributed by atoms with van der Waals surface area (Å²) in [4.78, 5) is 13.3. The molecule has 112 valence electrons. The highest BCUT2D eigenvalue weighted by Crippen LogP contribution is 2.30. The van der Waals surface area contributed by atoms with Gasteiger partial charge in [-0.15, -0.1) is 0 Å². The molecule has 0 unspecified atom stereocenters. The van der Waals surface area contributed by atoms with E-state index in [1.807, 2.05) is 61.2 Å². The van der Waals surface area contributed by atoms with Crippen LogP contribution >= 0.6 is 0 Å². The van der Waals surface area contributed by atoms with Gasteiger partial charge in [-0.3, -0.25) is 19.6 Å². The normalized spacial score (nSPS) is 11.0. The molecule has 4 aromatic rings. The van der Waals surface area contributed by atoms with Gasteiger partial charge in [-0.25, -0.2) is 0 Å². The number of aryl methyl sites for hydroxylation is 2. The molecule has 0 N–H and O–H groups in total. The smallest absolute Gasteiger partial charge is 0.102 e. The maximum Gasteiger partial charge on any atom is 0.102 e. The third-order valence-corrected chi connectivity index (χ3v) is 3.74. The van der Waals surface area contributed by atoms with Crippen LogP contribution in [0.5, 0.6) is 0 Å². The Morgan fingerprint density at radius 2 is 1.78 bits per heavy atom. The summed E-state index contributed by atoms with van der Waals surface area (Å²) >= 11 is 0. The van der Waals surface area contributed by atoms with Gasteiger partial charge in [0.25, 0.3) is 0 Å². The van der Waals surface area contributed by atoms with Gasteiger partial charge in [0.05, 0.1) is 16.7 Å². The van der Waals surface area contributed by atoms with Crippen LogP contribution in [0.4, 0.5) is 0 Å². The largest absolute Gasteiger partial charge is 0.274 e. The van der Waals surface area contributed by atoms with Crippen molar-refractivity contribution in [1.29, 1.82) is 0 Å². The summed E-state index contributed by atoms with van der Waals surface area (Å²) < 4.78 is 1.82. The SMILES string of the molecule is Cc1cccc(-c2cn(C)nc2-c2ccc3nccnc3c2)n1. The Bertz CT molecular complexity index is 1000. The second-order valence-corrected chi connectivity index (χ2v) is 5.49. The number of hydrogen-bond donors (Lipinski definition) is 0. The average molecular weight is 301 g/mol. The van der Waals surface area contributed by atoms with Gasteiger partial charge in [-0.1, -0.05) is 12.1 Å². The molecule has 5 heteroatoms. The maximum absolute atomic E-state index is 4.62. The zero-order valence-corrected chi connectivity index (χ0v) is 12.9. The number of hydrogen-bond acceptors (Lipinski definition) is 4. The molecule has 1 aromatic carbocycles. The van der Waals surface area contributed by atoms with Gasteiger partial charge in [-0.05, 0) is 31.2 Å². The third kappa shape index (κ3) is 2.46. The topological polar surface area (TPSA) is 56.5 Å². The van der Waals surface area contributed by atoms with Gasteiger partial charge in [0, 0.05) is 42.5 Å². The molecule has 0 saturated heterocycles. The molecular weight excluding hydrogens is 286 g/mol. The highest BCUT2D eigenvalue weighted by atomic mass is 15.3. The fourth-order valence-corrected chi connectivity index (χ4v) is 2.69. The van der Waals surface area contributed by atoms with E-state index in [4.69, 9.17) is 0 Å². The predicted octanol–water partition coefficient (Wildman–Crippen LogP) is 3.40. The number of aromatic nitrogens is 5. The average Bonchev–Trinajstić information content (AvgIpc) is 2.96. The molecule has 0 spiro atoms. The van der Waals surface area contributed by atoms with E-state index < -0.39 is 0 Å². The van der Waals surface area contributed by atoms with E-state index in [0.717, 1.165) is 39.2 Å². The summed E-state index contributed by atoms with van der Waals surface area (Å²) in [6.45, 7) is 1.99. The standard InChI is InChI=1S/C18H15N5/c1-12-4-3-5-15(21-12)14-11-23(2)22-18(14)13-6-7-16-17(10-13)20-9-8-19-16/h3-11H,1-2H3. The van der Waals surface area contributed by atoms with Gasteiger partial charge in [0.2, 0.25) is 0 Å². The molecule has 0 radical (unpaired) electrons. The maximum atomic E-state index is 4.62. The molecule has 0 atom stereocenters. The molecule has 0 amide bonds. The summed E-state index contributed by atoms with van der Waals surface area (Å²) in [5.74, 6) is 0. The fourth-order valence-electron chi connectivity index (χ4n) is 2.69. The van der Waals surface area contributed by atoms with E-state index in [1.54, 1.807) is 12.4 Å². The minimum absolute atomic E-state index is 0.860. The Labute approximate surface area is 133 Å². The van der Waals surface area contributed by atoms with Crippen molar-refractivity contribution in [2.24, 2.45) is 7.05 Å². The molecule has 3 aromatic heterocycles. The van der Waals surface area contributed by atoms with E-state index >= 15 is 0 Å². The van der Waals surface area contributed by atoms with Crippen LogP contribution in [0.3, 0.4) is 0 Å². The molecule has 0 aliphatic rings. The van der Waals surface area contributed by atoms with Crippen molar-refractivity contribution in [2.75, 3.05) is 0 Å². The first kappa shape index (κ1) is 13.6. The molecule has 3 heterocycles. The van der Waals surface area contributed by atoms with E-state index in [1.165, 1.54) is 0 Å². The van der Waals surface area contributed by atoms with Crippen molar-refractivity contribution in [3.8, 4) is 22.5 Å². The zero-order valence-electron chi connectivity index (χ0n) is 12.9. The molecule has 0 bridgehead atoms. The van der Waals surface area contributed by atoms with Gasteiger partial charge in [-0.2, -0.15) is 5.10 Å². The Kier molecular flexibility index (Phi) is 3.12. The first-order valence-corrected chi connectivity index (χ1v) is 7.39. The van der Waals surface area contributed by atoms with Crippen LogP contribution in [0.15, 0.2) is 55.0 Å². The summed E-state index contributed by atoms with van der Waals surface area (Å²) in [5.41, 5.74) is 6.57. The third-order valence-electron chi connectivity index (χ3n) is 3.74. The number of nitrogens with zero attached hydrogens (tertiary/aromatic N) is 5. The summed E-state index contributed by atoms with van der Waals surface area (Å²) in [5, 5.41) is 4.62. The van der Waals surface area contributed by atoms with Crippen LogP contribution in [-0.4, -0.2) is 24.7 Å². The molecule has 4 rings (SSSR count). The van der Waals surface area contributed by atoms with Crippen LogP contribution in [0.1, 0.15) is 5.69 Å². The number of benzene rings is 1. The van der Waals surface area contributed by atoms with Crippen molar-refractivity contribution >= 4 is 11.0 Å². The summed E-state index contributed by atoms with van der Waals surface area (Å²) in [6, 6.07) is 12.0. The lowest BCUT2D eigenvalue weighted by molar-refractivity contribution is 0.771. The number of rotatable bonds is 2. The Morgan fingerprint density at radius 3 is 2.61 bits per heavy atom. The molecule has 0 saturated carbocycles. The fraction of sp³-hybridized carbons (Fsp3) is 0.111. The van der Waals surface area contributed by atoms with Crippen molar-refractivity contribution in [1.82, 2.24) is 24.7 Å². The van der Waals surface area contributed by atoms with E-state index in [9.17, 15) is 0 Å². The zero-order chi connectivity index (χ0) is 15.8. The Hall–Kier alpha value is -3.08. The van der Waals surface area contributed by atoms with E-state index in [0.29, 0.717) is 0 Å². The lowest BCUT2D eigenvalue weighted by Gasteiger charge is -2.04.